The molecule has 0 aliphatic carbocycles. The minimum atomic E-state index is 0. The molecule has 0 saturated heterocycles. The van der Waals surface area contributed by atoms with Gasteiger partial charge in [-0.05, 0) is 262 Å². The summed E-state index contributed by atoms with van der Waals surface area (Å²) in [5.74, 6) is 7.64. The van der Waals surface area contributed by atoms with Crippen molar-refractivity contribution in [2.75, 3.05) is 0 Å². The van der Waals surface area contributed by atoms with Crippen molar-refractivity contribution in [3.63, 3.8) is 0 Å². The first-order valence-electron chi connectivity index (χ1n) is 45.6. The first-order valence-corrected chi connectivity index (χ1v) is 45.6. The zero-order valence-corrected chi connectivity index (χ0v) is 82.4. The Kier molecular flexibility index (Phi) is 41.2. The molecule has 0 aliphatic rings. The normalized spacial score (nSPS) is 11.7. The maximum Gasteiger partial charge on any atom is 0.126 e. The Balaban J connectivity index is 0.000000202. The summed E-state index contributed by atoms with van der Waals surface area (Å²) in [5.41, 5.74) is 21.8. The third kappa shape index (κ3) is 29.8. The number of rotatable bonds is 39. The summed E-state index contributed by atoms with van der Waals surface area (Å²) < 4.78 is 32.2. The van der Waals surface area contributed by atoms with Crippen LogP contribution in [-0.4, -0.2) is 27.2 Å². The van der Waals surface area contributed by atoms with Gasteiger partial charge in [-0.15, -0.1) is 89.5 Å². The van der Waals surface area contributed by atoms with Crippen LogP contribution in [-0.2, 0) is 60.3 Å². The number of pyridine rings is 3. The van der Waals surface area contributed by atoms with Crippen LogP contribution in [0, 0.1) is 18.2 Å². The maximum absolute atomic E-state index is 6.56. The van der Waals surface area contributed by atoms with Crippen LogP contribution in [0.15, 0.2) is 340 Å². The van der Waals surface area contributed by atoms with Crippen molar-refractivity contribution in [3.8, 4) is 147 Å². The van der Waals surface area contributed by atoms with Gasteiger partial charge < -0.3 is 38.6 Å². The Hall–Kier alpha value is -11.0. The molecule has 3 aromatic heterocycles. The molecule has 12 aromatic carbocycles. The van der Waals surface area contributed by atoms with Gasteiger partial charge in [0.2, 0.25) is 0 Å². The fourth-order valence-electron chi connectivity index (χ4n) is 15.8. The van der Waals surface area contributed by atoms with E-state index < -0.39 is 0 Å². The van der Waals surface area contributed by atoms with Crippen LogP contribution in [0.4, 0.5) is 0 Å². The average molecular weight is 2220 g/mol. The van der Waals surface area contributed by atoms with Gasteiger partial charge in [-0.3, -0.25) is 0 Å². The van der Waals surface area contributed by atoms with E-state index in [9.17, 15) is 0 Å². The maximum atomic E-state index is 6.56. The summed E-state index contributed by atoms with van der Waals surface area (Å²) >= 11 is 0. The predicted molar refractivity (Wildman–Crippen MR) is 521 cm³/mol. The minimum Gasteiger partial charge on any atom is -0.490 e. The van der Waals surface area contributed by atoms with Gasteiger partial charge in [-0.2, -0.15) is 0 Å². The van der Waals surface area contributed by atoms with Gasteiger partial charge in [0.25, 0.3) is 0 Å². The molecule has 0 saturated carbocycles. The molecule has 0 spiro atoms. The fraction of sp³-hybridized carbons (Fsp3) is 0.256. The van der Waals surface area contributed by atoms with Gasteiger partial charge in [0.15, 0.2) is 0 Å². The molecule has 3 heterocycles. The zero-order chi connectivity index (χ0) is 86.6. The van der Waals surface area contributed by atoms with E-state index in [1.54, 1.807) is 12.4 Å². The van der Waals surface area contributed by atoms with Crippen molar-refractivity contribution in [3.05, 3.63) is 369 Å². The van der Waals surface area contributed by atoms with Crippen molar-refractivity contribution in [2.45, 2.75) is 195 Å². The van der Waals surface area contributed by atoms with Crippen LogP contribution in [0.1, 0.15) is 194 Å². The van der Waals surface area contributed by atoms with Crippen LogP contribution in [0.3, 0.4) is 0 Å². The molecule has 128 heavy (non-hydrogen) atoms. The molecular formula is C117H120Ir3N3O5-3. The quantitative estimate of drug-likeness (QED) is 0.0278. The third-order valence-electron chi connectivity index (χ3n) is 23.1. The van der Waals surface area contributed by atoms with E-state index >= 15 is 0 Å². The largest absolute Gasteiger partial charge is 0.490 e. The Morgan fingerprint density at radius 1 is 0.250 bits per heavy atom. The molecule has 8 nitrogen and oxygen atoms in total. The topological polar surface area (TPSA) is 84.8 Å². The molecule has 0 amide bonds. The first-order chi connectivity index (χ1) is 61.5. The van der Waals surface area contributed by atoms with E-state index in [1.165, 1.54) is 112 Å². The molecule has 663 valence electrons. The van der Waals surface area contributed by atoms with Crippen LogP contribution in [0.5, 0.6) is 46.0 Å². The number of aromatic nitrogens is 3. The molecule has 0 N–H and O–H groups in total. The summed E-state index contributed by atoms with van der Waals surface area (Å²) in [6.45, 7) is 18.1. The van der Waals surface area contributed by atoms with Crippen LogP contribution < -0.4 is 23.7 Å². The summed E-state index contributed by atoms with van der Waals surface area (Å²) in [6.07, 6.45) is 27.5. The van der Waals surface area contributed by atoms with Gasteiger partial charge in [-0.25, -0.2) is 0 Å². The number of hydrogen-bond donors (Lipinski definition) is 0. The number of benzene rings is 12. The second-order valence-corrected chi connectivity index (χ2v) is 32.5. The Morgan fingerprint density at radius 3 is 0.859 bits per heavy atom. The van der Waals surface area contributed by atoms with Crippen molar-refractivity contribution >= 4 is 0 Å². The van der Waals surface area contributed by atoms with E-state index in [-0.39, 0.29) is 72.5 Å². The van der Waals surface area contributed by atoms with Crippen LogP contribution in [0.2, 0.25) is 0 Å². The van der Waals surface area contributed by atoms with Crippen molar-refractivity contribution in [1.29, 1.82) is 0 Å². The predicted octanol–water partition coefficient (Wildman–Crippen LogP) is 33.9. The average Bonchev–Trinajstić information content (AvgIpc) is 0.811. The molecular weight excluding hydrogens is 2100 g/mol. The fourth-order valence-corrected chi connectivity index (χ4v) is 15.8. The Bertz CT molecular complexity index is 5570. The van der Waals surface area contributed by atoms with Crippen molar-refractivity contribution in [2.24, 2.45) is 0 Å². The second kappa shape index (κ2) is 53.1. The number of ether oxygens (including phenoxy) is 5. The van der Waals surface area contributed by atoms with Gasteiger partial charge in [0.05, 0.1) is 12.2 Å². The number of hydrogen-bond acceptors (Lipinski definition) is 8. The van der Waals surface area contributed by atoms with Crippen molar-refractivity contribution < 1.29 is 84.0 Å². The standard InChI is InChI=1S/C45H52NO3.C43H48NO.C29H20NO.3Ir/c1-5-9-11-17-39(7-3)47-41-25-21-34(22-26-41)37-30-38(35-23-27-42(28-24-35)48-40(8-4)18-12-10-6-2)33-44(32-37)49-43-19-15-16-36(31-43)45-20-13-14-29-46-45;1-5-8-10-15-33(7-3)35-23-25-37(26-24-35)40-28-39(36-21-19-34(20-22-36)32(4)14-9-6-2)30-42(31-40)45-41-17-13-16-38(29-41)43-18-11-12-27-44-43;1-3-10-22(11-4-1)25-18-26(23-12-5-2-6-13-23)21-28(20-25)31-27-15-9-14-24(19-27)29-16-7-8-17-30-29;;;/h13-15,19-33,39-40H,5-12,17-18H2,1-4H3;11-13,17-33H,5-10,14-15H2,1-4H3;1-13,15-21H;;;/q3*-1;;;. The molecule has 0 bridgehead atoms. The summed E-state index contributed by atoms with van der Waals surface area (Å²) in [6, 6.07) is 120. The Morgan fingerprint density at radius 2 is 0.555 bits per heavy atom. The Labute approximate surface area is 803 Å². The monoisotopic (exact) mass is 2230 g/mol. The molecule has 4 atom stereocenters. The van der Waals surface area contributed by atoms with Crippen molar-refractivity contribution in [1.82, 2.24) is 15.0 Å². The van der Waals surface area contributed by atoms with Gasteiger partial charge in [-0.1, -0.05) is 283 Å². The van der Waals surface area contributed by atoms with E-state index in [0.717, 1.165) is 161 Å². The zero-order valence-electron chi connectivity index (χ0n) is 75.3. The minimum absolute atomic E-state index is 0. The number of unbranched alkanes of at least 4 members (excludes halogenated alkanes) is 7. The van der Waals surface area contributed by atoms with Crippen LogP contribution >= 0.6 is 0 Å². The van der Waals surface area contributed by atoms with E-state index in [2.05, 4.69) is 289 Å². The van der Waals surface area contributed by atoms with Crippen LogP contribution in [0.25, 0.3) is 101 Å². The van der Waals surface area contributed by atoms with E-state index in [0.29, 0.717) is 11.8 Å². The summed E-state index contributed by atoms with van der Waals surface area (Å²) in [5, 5.41) is 0. The summed E-state index contributed by atoms with van der Waals surface area (Å²) in [4.78, 5) is 13.4. The van der Waals surface area contributed by atoms with Gasteiger partial charge in [0.1, 0.15) is 28.7 Å². The SMILES string of the molecule is CCCCCC(CC)Oc1ccc(-c2cc(Oc3cc[c-]c(-c4ccccn4)c3)cc(-c3ccc(OC(CC)CCCCC)cc3)c2)cc1.CCCCCC(CC)c1ccc(-c2cc(Oc3cc[c-]c(-c4ccccn4)c3)cc(-c3ccc(C(C)CCCC)cc3)c2)cc1.[Ir].[Ir].[Ir].[c-]1ccc(Oc2cc(-c3ccccc3)cc(-c3ccccc3)c2)cc1-c1ccccn1. The third-order valence-corrected chi connectivity index (χ3v) is 23.1. The molecule has 3 radical (unpaired) electrons. The molecule has 0 aliphatic heterocycles. The van der Waals surface area contributed by atoms with E-state index in [4.69, 9.17) is 23.7 Å². The molecule has 0 fully saturated rings. The second-order valence-electron chi connectivity index (χ2n) is 32.5. The molecule has 11 heteroatoms. The molecule has 15 rings (SSSR count). The first kappa shape index (κ1) is 99.2. The number of nitrogens with zero attached hydrogens (tertiary/aromatic N) is 3. The molecule has 15 aromatic rings. The van der Waals surface area contributed by atoms with Gasteiger partial charge in [0, 0.05) is 96.2 Å². The smallest absolute Gasteiger partial charge is 0.126 e. The summed E-state index contributed by atoms with van der Waals surface area (Å²) in [7, 11) is 0. The molecule has 4 unspecified atom stereocenters. The van der Waals surface area contributed by atoms with Gasteiger partial charge >= 0.3 is 0 Å². The van der Waals surface area contributed by atoms with E-state index in [1.807, 2.05) is 128 Å².